The van der Waals surface area contributed by atoms with Gasteiger partial charge in [0.1, 0.15) is 4.88 Å². The molecule has 2 heterocycles. The van der Waals surface area contributed by atoms with E-state index < -0.39 is 16.0 Å². The van der Waals surface area contributed by atoms with Crippen molar-refractivity contribution in [3.05, 3.63) is 28.7 Å². The Morgan fingerprint density at radius 1 is 1.39 bits per heavy atom. The lowest BCUT2D eigenvalue weighted by atomic mass is 10.5. The largest absolute Gasteiger partial charge is 0.477 e. The van der Waals surface area contributed by atoms with Gasteiger partial charge in [-0.05, 0) is 6.07 Å². The van der Waals surface area contributed by atoms with Crippen LogP contribution in [0.25, 0.3) is 0 Å². The topological polar surface area (TPSA) is 122 Å². The summed E-state index contributed by atoms with van der Waals surface area (Å²) in [6, 6.07) is 1.06. The summed E-state index contributed by atoms with van der Waals surface area (Å²) in [5.41, 5.74) is 0. The fourth-order valence-electron chi connectivity index (χ4n) is 1.05. The van der Waals surface area contributed by atoms with Crippen LogP contribution in [0.1, 0.15) is 9.67 Å². The van der Waals surface area contributed by atoms with E-state index in [1.54, 1.807) is 0 Å². The molecule has 18 heavy (non-hydrogen) atoms. The summed E-state index contributed by atoms with van der Waals surface area (Å²) < 4.78 is 25.8. The Kier molecular flexibility index (Phi) is 3.21. The van der Waals surface area contributed by atoms with E-state index in [1.165, 1.54) is 17.8 Å². The van der Waals surface area contributed by atoms with E-state index in [4.69, 9.17) is 5.11 Å². The van der Waals surface area contributed by atoms with Gasteiger partial charge in [-0.15, -0.1) is 16.4 Å². The van der Waals surface area contributed by atoms with Gasteiger partial charge in [-0.1, -0.05) is 0 Å². The Hall–Kier alpha value is -2.07. The smallest absolute Gasteiger partial charge is 0.345 e. The number of nitrogens with zero attached hydrogens (tertiary/aromatic N) is 3. The van der Waals surface area contributed by atoms with Crippen LogP contribution in [0.4, 0.5) is 5.95 Å². The molecular weight excluding hydrogens is 280 g/mol. The van der Waals surface area contributed by atoms with Crippen molar-refractivity contribution in [2.75, 3.05) is 4.72 Å². The van der Waals surface area contributed by atoms with E-state index in [9.17, 15) is 13.2 Å². The van der Waals surface area contributed by atoms with Crippen molar-refractivity contribution in [3.63, 3.8) is 0 Å². The molecule has 2 N–H and O–H groups in total. The maximum absolute atomic E-state index is 11.8. The molecule has 2 aromatic heterocycles. The summed E-state index contributed by atoms with van der Waals surface area (Å²) in [7, 11) is -3.89. The van der Waals surface area contributed by atoms with Gasteiger partial charge in [-0.3, -0.25) is 0 Å². The van der Waals surface area contributed by atoms with E-state index in [1.807, 2.05) is 0 Å². The first-order chi connectivity index (χ1) is 8.49. The van der Waals surface area contributed by atoms with Crippen LogP contribution in [0.5, 0.6) is 0 Å². The molecule has 0 fully saturated rings. The van der Waals surface area contributed by atoms with Crippen LogP contribution < -0.4 is 4.72 Å². The number of rotatable bonds is 4. The SMILES string of the molecule is O=C(O)c1cc(S(=O)(=O)Nc2nccnn2)cs1. The number of anilines is 1. The van der Waals surface area contributed by atoms with Gasteiger partial charge in [0.2, 0.25) is 0 Å². The average molecular weight is 286 g/mol. The molecule has 0 aliphatic heterocycles. The van der Waals surface area contributed by atoms with Crippen LogP contribution in [0.15, 0.2) is 28.7 Å². The van der Waals surface area contributed by atoms with Crippen LogP contribution >= 0.6 is 11.3 Å². The number of carboxylic acid groups (broad SMARTS) is 1. The van der Waals surface area contributed by atoms with Crippen LogP contribution in [-0.2, 0) is 10.0 Å². The summed E-state index contributed by atoms with van der Waals surface area (Å²) in [6.07, 6.45) is 2.58. The minimum atomic E-state index is -3.89. The second-order valence-corrected chi connectivity index (χ2v) is 5.62. The molecule has 0 aliphatic carbocycles. The number of hydrogen-bond acceptors (Lipinski definition) is 7. The number of sulfonamides is 1. The van der Waals surface area contributed by atoms with Crippen molar-refractivity contribution >= 4 is 33.3 Å². The zero-order valence-corrected chi connectivity index (χ0v) is 10.3. The van der Waals surface area contributed by atoms with Gasteiger partial charge in [0.05, 0.1) is 17.3 Å². The molecule has 0 spiro atoms. The highest BCUT2D eigenvalue weighted by Gasteiger charge is 2.19. The normalized spacial score (nSPS) is 11.1. The van der Waals surface area contributed by atoms with E-state index in [0.29, 0.717) is 0 Å². The summed E-state index contributed by atoms with van der Waals surface area (Å²) in [5.74, 6) is -1.36. The molecule has 0 unspecified atom stereocenters. The molecule has 2 aromatic rings. The summed E-state index contributed by atoms with van der Waals surface area (Å²) in [5, 5.41) is 16.9. The first-order valence-electron chi connectivity index (χ1n) is 4.47. The van der Waals surface area contributed by atoms with E-state index >= 15 is 0 Å². The Labute approximate surface area is 105 Å². The molecule has 0 atom stereocenters. The lowest BCUT2D eigenvalue weighted by Crippen LogP contribution is -2.14. The van der Waals surface area contributed by atoms with Gasteiger partial charge in [-0.25, -0.2) is 22.9 Å². The Balaban J connectivity index is 2.28. The molecule has 2 rings (SSSR count). The Morgan fingerprint density at radius 2 is 2.17 bits per heavy atom. The van der Waals surface area contributed by atoms with Crippen molar-refractivity contribution in [2.45, 2.75) is 4.90 Å². The number of carbonyl (C=O) groups is 1. The predicted molar refractivity (Wildman–Crippen MR) is 61.9 cm³/mol. The molecule has 0 radical (unpaired) electrons. The van der Waals surface area contributed by atoms with Crippen molar-refractivity contribution in [1.29, 1.82) is 0 Å². The van der Waals surface area contributed by atoms with Crippen molar-refractivity contribution in [2.24, 2.45) is 0 Å². The van der Waals surface area contributed by atoms with E-state index in [2.05, 4.69) is 19.9 Å². The lowest BCUT2D eigenvalue weighted by molar-refractivity contribution is 0.0702. The van der Waals surface area contributed by atoms with Gasteiger partial charge in [0, 0.05) is 5.38 Å². The van der Waals surface area contributed by atoms with Crippen LogP contribution in [-0.4, -0.2) is 34.7 Å². The highest BCUT2D eigenvalue weighted by molar-refractivity contribution is 7.92. The quantitative estimate of drug-likeness (QED) is 0.835. The third-order valence-electron chi connectivity index (χ3n) is 1.80. The number of nitrogens with one attached hydrogen (secondary N) is 1. The molecule has 0 aliphatic rings. The maximum Gasteiger partial charge on any atom is 0.345 e. The second-order valence-electron chi connectivity index (χ2n) is 3.02. The third kappa shape index (κ3) is 2.60. The molecule has 0 bridgehead atoms. The van der Waals surface area contributed by atoms with Crippen LogP contribution in [0, 0.1) is 0 Å². The predicted octanol–water partition coefficient (Wildman–Crippen LogP) is 0.432. The number of carboxylic acids is 1. The van der Waals surface area contributed by atoms with Crippen molar-refractivity contribution in [3.8, 4) is 0 Å². The minimum Gasteiger partial charge on any atom is -0.477 e. The zero-order chi connectivity index (χ0) is 13.2. The maximum atomic E-state index is 11.8. The molecule has 94 valence electrons. The van der Waals surface area contributed by atoms with E-state index in [0.717, 1.165) is 17.4 Å². The molecule has 8 nitrogen and oxygen atoms in total. The van der Waals surface area contributed by atoms with Crippen molar-refractivity contribution in [1.82, 2.24) is 15.2 Å². The highest BCUT2D eigenvalue weighted by atomic mass is 32.2. The van der Waals surface area contributed by atoms with Crippen LogP contribution in [0.2, 0.25) is 0 Å². The Morgan fingerprint density at radius 3 is 2.72 bits per heavy atom. The number of aromatic carboxylic acids is 1. The number of thiophene rings is 1. The van der Waals surface area contributed by atoms with Gasteiger partial charge >= 0.3 is 5.97 Å². The average Bonchev–Trinajstić information content (AvgIpc) is 2.79. The third-order valence-corrected chi connectivity index (χ3v) is 4.18. The van der Waals surface area contributed by atoms with Crippen molar-refractivity contribution < 1.29 is 18.3 Å². The second kappa shape index (κ2) is 4.66. The molecule has 0 aromatic carbocycles. The summed E-state index contributed by atoms with van der Waals surface area (Å²) in [4.78, 5) is 14.1. The minimum absolute atomic E-state index is 0.0671. The monoisotopic (exact) mass is 286 g/mol. The number of aromatic nitrogens is 3. The summed E-state index contributed by atoms with van der Waals surface area (Å²) in [6.45, 7) is 0. The fraction of sp³-hybridized carbons (Fsp3) is 0. The first kappa shape index (κ1) is 12.4. The zero-order valence-electron chi connectivity index (χ0n) is 8.64. The molecule has 0 saturated heterocycles. The molecule has 0 amide bonds. The molecule has 0 saturated carbocycles. The van der Waals surface area contributed by atoms with Gasteiger partial charge in [0.15, 0.2) is 0 Å². The highest BCUT2D eigenvalue weighted by Crippen LogP contribution is 2.20. The van der Waals surface area contributed by atoms with E-state index in [-0.39, 0.29) is 15.7 Å². The van der Waals surface area contributed by atoms with Gasteiger partial charge < -0.3 is 5.11 Å². The number of hydrogen-bond donors (Lipinski definition) is 2. The fourth-order valence-corrected chi connectivity index (χ4v) is 3.10. The van der Waals surface area contributed by atoms with Gasteiger partial charge in [0.25, 0.3) is 16.0 Å². The molecular formula is C8H6N4O4S2. The van der Waals surface area contributed by atoms with Crippen LogP contribution in [0.3, 0.4) is 0 Å². The standard InChI is InChI=1S/C8H6N4O4S2/c13-7(14)6-3-5(4-17-6)18(15,16)12-8-9-1-2-10-11-8/h1-4H,(H,13,14)(H,9,11,12). The Bertz CT molecular complexity index is 667. The first-order valence-corrected chi connectivity index (χ1v) is 6.83. The summed E-state index contributed by atoms with van der Waals surface area (Å²) >= 11 is 0.820. The molecule has 10 heteroatoms. The lowest BCUT2D eigenvalue weighted by Gasteiger charge is -2.02. The van der Waals surface area contributed by atoms with Gasteiger partial charge in [-0.2, -0.15) is 5.10 Å².